The van der Waals surface area contributed by atoms with Crippen LogP contribution in [0.25, 0.3) is 20.7 Å². The van der Waals surface area contributed by atoms with Gasteiger partial charge < -0.3 is 4.90 Å². The molecule has 1 aromatic carbocycles. The summed E-state index contributed by atoms with van der Waals surface area (Å²) in [5.74, 6) is 0.677. The molecule has 2 aromatic heterocycles. The van der Waals surface area contributed by atoms with Gasteiger partial charge in [-0.3, -0.25) is 9.78 Å². The topological polar surface area (TPSA) is 49.0 Å². The number of fused-ring (bicyclic) bond motifs is 1. The first-order valence-electron chi connectivity index (χ1n) is 8.17. The summed E-state index contributed by atoms with van der Waals surface area (Å²) in [6.45, 7) is 6.06. The Balaban J connectivity index is 2.04. The van der Waals surface area contributed by atoms with Crippen molar-refractivity contribution in [3.8, 4) is 10.4 Å². The average molecular weight is 406 g/mol. The molecule has 0 spiro atoms. The van der Waals surface area contributed by atoms with Crippen molar-refractivity contribution in [1.29, 1.82) is 0 Å². The smallest absolute Gasteiger partial charge is 0.270 e. The van der Waals surface area contributed by atoms with Crippen molar-refractivity contribution in [3.63, 3.8) is 0 Å². The summed E-state index contributed by atoms with van der Waals surface area (Å²) >= 11 is 4.94. The molecule has 0 radical (unpaired) electrons. The van der Waals surface area contributed by atoms with Gasteiger partial charge in [0.1, 0.15) is 4.70 Å². The van der Waals surface area contributed by atoms with Crippen LogP contribution < -0.4 is 10.5 Å². The molecule has 0 amide bonds. The van der Waals surface area contributed by atoms with E-state index < -0.39 is 0 Å². The summed E-state index contributed by atoms with van der Waals surface area (Å²) in [6, 6.07) is 10.1. The Morgan fingerprint density at radius 1 is 1.17 bits per heavy atom. The molecular formula is C18H20BrN3OS. The highest BCUT2D eigenvalue weighted by Gasteiger charge is 2.13. The maximum absolute atomic E-state index is 12.5. The van der Waals surface area contributed by atoms with Crippen molar-refractivity contribution in [1.82, 2.24) is 9.97 Å². The second-order valence-electron chi connectivity index (χ2n) is 5.71. The number of aromatic nitrogens is 2. The summed E-state index contributed by atoms with van der Waals surface area (Å²) in [5.41, 5.74) is 1.82. The van der Waals surface area contributed by atoms with Crippen LogP contribution in [0.15, 0.2) is 39.6 Å². The Bertz CT molecular complexity index is 879. The van der Waals surface area contributed by atoms with Crippen LogP contribution in [0.1, 0.15) is 26.7 Å². The normalized spacial score (nSPS) is 11.1. The zero-order valence-electron chi connectivity index (χ0n) is 13.8. The number of thiophene rings is 1. The fourth-order valence-corrected chi connectivity index (χ4v) is 3.96. The Kier molecular flexibility index (Phi) is 5.36. The number of benzene rings is 1. The Labute approximate surface area is 153 Å². The fraction of sp³-hybridized carbons (Fsp3) is 0.333. The van der Waals surface area contributed by atoms with Gasteiger partial charge in [0.2, 0.25) is 5.95 Å². The van der Waals surface area contributed by atoms with Crippen molar-refractivity contribution in [2.45, 2.75) is 26.7 Å². The fourth-order valence-electron chi connectivity index (χ4n) is 2.70. The molecule has 0 bridgehead atoms. The lowest BCUT2D eigenvalue weighted by molar-refractivity contribution is 0.722. The van der Waals surface area contributed by atoms with E-state index in [1.807, 2.05) is 30.3 Å². The van der Waals surface area contributed by atoms with Crippen LogP contribution in [0.2, 0.25) is 0 Å². The number of nitrogens with zero attached hydrogens (tertiary/aromatic N) is 2. The molecule has 4 nitrogen and oxygen atoms in total. The zero-order valence-corrected chi connectivity index (χ0v) is 16.2. The third kappa shape index (κ3) is 3.54. The van der Waals surface area contributed by atoms with Gasteiger partial charge in [0, 0.05) is 22.4 Å². The van der Waals surface area contributed by atoms with E-state index in [1.165, 1.54) is 11.3 Å². The van der Waals surface area contributed by atoms with Gasteiger partial charge in [0.05, 0.1) is 5.52 Å². The molecule has 0 aliphatic carbocycles. The van der Waals surface area contributed by atoms with Crippen LogP contribution in [0.4, 0.5) is 5.95 Å². The number of halogens is 1. The second kappa shape index (κ2) is 7.49. The number of nitrogens with one attached hydrogen (secondary N) is 1. The molecule has 0 atom stereocenters. The summed E-state index contributed by atoms with van der Waals surface area (Å²) in [5, 5.41) is 0. The first-order valence-corrected chi connectivity index (χ1v) is 9.78. The zero-order chi connectivity index (χ0) is 17.1. The van der Waals surface area contributed by atoms with Gasteiger partial charge in [-0.15, -0.1) is 11.3 Å². The largest absolute Gasteiger partial charge is 0.342 e. The molecule has 0 fully saturated rings. The van der Waals surface area contributed by atoms with Gasteiger partial charge in [-0.2, -0.15) is 0 Å². The molecule has 0 aliphatic heterocycles. The maximum atomic E-state index is 12.5. The van der Waals surface area contributed by atoms with Crippen molar-refractivity contribution in [2.24, 2.45) is 0 Å². The molecule has 1 N–H and O–H groups in total. The summed E-state index contributed by atoms with van der Waals surface area (Å²) in [7, 11) is 0. The number of rotatable bonds is 6. The second-order valence-corrected chi connectivity index (χ2v) is 7.68. The first-order chi connectivity index (χ1) is 11.6. The molecule has 2 heterocycles. The molecule has 0 saturated carbocycles. The van der Waals surface area contributed by atoms with Gasteiger partial charge in [-0.25, -0.2) is 4.98 Å². The number of hydrogen-bond acceptors (Lipinski definition) is 4. The third-order valence-corrected chi connectivity index (χ3v) is 5.49. The highest BCUT2D eigenvalue weighted by Crippen LogP contribution is 2.32. The predicted octanol–water partition coefficient (Wildman–Crippen LogP) is 5.04. The molecular weight excluding hydrogens is 386 g/mol. The highest BCUT2D eigenvalue weighted by molar-refractivity contribution is 9.10. The minimum absolute atomic E-state index is 0.0550. The lowest BCUT2D eigenvalue weighted by Gasteiger charge is -2.21. The number of aromatic amines is 1. The number of H-pyrrole nitrogens is 1. The van der Waals surface area contributed by atoms with E-state index in [0.29, 0.717) is 10.6 Å². The lowest BCUT2D eigenvalue weighted by atomic mass is 10.2. The van der Waals surface area contributed by atoms with E-state index in [2.05, 4.69) is 39.7 Å². The van der Waals surface area contributed by atoms with Crippen molar-refractivity contribution in [2.75, 3.05) is 18.0 Å². The van der Waals surface area contributed by atoms with E-state index >= 15 is 0 Å². The molecule has 0 unspecified atom stereocenters. The van der Waals surface area contributed by atoms with Crippen LogP contribution in [0.3, 0.4) is 0 Å². The van der Waals surface area contributed by atoms with Crippen molar-refractivity contribution >= 4 is 43.4 Å². The van der Waals surface area contributed by atoms with E-state index in [0.717, 1.165) is 46.4 Å². The molecule has 3 aromatic rings. The minimum atomic E-state index is -0.0550. The van der Waals surface area contributed by atoms with Crippen LogP contribution in [-0.4, -0.2) is 23.1 Å². The van der Waals surface area contributed by atoms with Gasteiger partial charge >= 0.3 is 0 Å². The third-order valence-electron chi connectivity index (χ3n) is 3.79. The summed E-state index contributed by atoms with van der Waals surface area (Å²) in [6.07, 6.45) is 2.05. The molecule has 0 saturated heterocycles. The Morgan fingerprint density at radius 3 is 2.46 bits per heavy atom. The standard InChI is InChI=1S/C18H20BrN3OS/c1-3-9-22(10-4-2)18-20-14-11-15(24-16(14)17(23)21-18)12-5-7-13(19)8-6-12/h5-8,11H,3-4,9-10H2,1-2H3,(H,20,21,23). The first kappa shape index (κ1) is 17.2. The molecule has 0 aliphatic rings. The van der Waals surface area contributed by atoms with E-state index in [1.54, 1.807) is 0 Å². The quantitative estimate of drug-likeness (QED) is 0.624. The van der Waals surface area contributed by atoms with Gasteiger partial charge in [-0.05, 0) is 36.6 Å². The van der Waals surface area contributed by atoms with Crippen LogP contribution >= 0.6 is 27.3 Å². The highest BCUT2D eigenvalue weighted by atomic mass is 79.9. The van der Waals surface area contributed by atoms with Crippen LogP contribution in [0.5, 0.6) is 0 Å². The number of hydrogen-bond donors (Lipinski definition) is 1. The molecule has 126 valence electrons. The lowest BCUT2D eigenvalue weighted by Crippen LogP contribution is -2.28. The van der Waals surface area contributed by atoms with Gasteiger partial charge in [-0.1, -0.05) is 41.9 Å². The van der Waals surface area contributed by atoms with Crippen molar-refractivity contribution < 1.29 is 0 Å². The Morgan fingerprint density at radius 2 is 1.83 bits per heavy atom. The summed E-state index contributed by atoms with van der Waals surface area (Å²) < 4.78 is 1.73. The number of anilines is 1. The monoisotopic (exact) mass is 405 g/mol. The molecule has 24 heavy (non-hydrogen) atoms. The van der Waals surface area contributed by atoms with E-state index in [-0.39, 0.29) is 5.56 Å². The van der Waals surface area contributed by atoms with E-state index in [4.69, 9.17) is 4.98 Å². The van der Waals surface area contributed by atoms with Gasteiger partial charge in [0.15, 0.2) is 0 Å². The van der Waals surface area contributed by atoms with E-state index in [9.17, 15) is 4.79 Å². The van der Waals surface area contributed by atoms with Gasteiger partial charge in [0.25, 0.3) is 5.56 Å². The van der Waals surface area contributed by atoms with Crippen LogP contribution in [-0.2, 0) is 0 Å². The molecule has 6 heteroatoms. The summed E-state index contributed by atoms with van der Waals surface area (Å²) in [4.78, 5) is 23.4. The average Bonchev–Trinajstić information content (AvgIpc) is 3.00. The predicted molar refractivity (Wildman–Crippen MR) is 106 cm³/mol. The minimum Gasteiger partial charge on any atom is -0.342 e. The van der Waals surface area contributed by atoms with Crippen molar-refractivity contribution in [3.05, 3.63) is 45.2 Å². The SMILES string of the molecule is CCCN(CCC)c1nc2cc(-c3ccc(Br)cc3)sc2c(=O)[nH]1. The molecule has 3 rings (SSSR count). The van der Waals surface area contributed by atoms with Crippen LogP contribution in [0, 0.1) is 0 Å². The Hall–Kier alpha value is -1.66. The maximum Gasteiger partial charge on any atom is 0.270 e.